The molecule has 0 atom stereocenters. The van der Waals surface area contributed by atoms with E-state index in [9.17, 15) is 9.59 Å². The molecule has 0 fully saturated rings. The Bertz CT molecular complexity index is 1180. The Kier molecular flexibility index (Phi) is 9.46. The third-order valence-corrected chi connectivity index (χ3v) is 3.90. The second-order valence-electron chi connectivity index (χ2n) is 5.96. The molecule has 0 saturated heterocycles. The summed E-state index contributed by atoms with van der Waals surface area (Å²) in [6.07, 6.45) is 1.05. The molecule has 31 heavy (non-hydrogen) atoms. The number of H-pyrrole nitrogens is 1. The minimum atomic E-state index is -0.552. The number of benzene rings is 3. The fraction of sp³-hybridized carbons (Fsp3) is 0.0870. The van der Waals surface area contributed by atoms with Gasteiger partial charge in [-0.3, -0.25) is 9.78 Å². The molecule has 1 heterocycles. The topological polar surface area (TPSA) is 86.2 Å². The number of aromatic nitrogens is 3. The van der Waals surface area contributed by atoms with E-state index in [0.717, 1.165) is 22.2 Å². The summed E-state index contributed by atoms with van der Waals surface area (Å²) in [7, 11) is 1.63. The number of nitrogens with zero attached hydrogens (tertiary/aromatic N) is 2. The van der Waals surface area contributed by atoms with Crippen molar-refractivity contribution in [1.82, 2.24) is 14.8 Å². The first-order chi connectivity index (χ1) is 14.7. The Morgan fingerprint density at radius 3 is 2.35 bits per heavy atom. The molecule has 0 aliphatic heterocycles. The second-order valence-corrected chi connectivity index (χ2v) is 5.96. The van der Waals surface area contributed by atoms with Crippen LogP contribution in [0.1, 0.15) is 5.56 Å². The van der Waals surface area contributed by atoms with Gasteiger partial charge < -0.3 is 9.47 Å². The van der Waals surface area contributed by atoms with E-state index in [1.54, 1.807) is 43.5 Å². The van der Waals surface area contributed by atoms with Gasteiger partial charge in [0.05, 0.1) is 19.5 Å². The van der Waals surface area contributed by atoms with Gasteiger partial charge in [0.25, 0.3) is 5.56 Å². The van der Waals surface area contributed by atoms with Crippen LogP contribution in [0.2, 0.25) is 0 Å². The van der Waals surface area contributed by atoms with E-state index >= 15 is 0 Å². The van der Waals surface area contributed by atoms with Crippen LogP contribution in [0.25, 0.3) is 5.69 Å². The fourth-order valence-corrected chi connectivity index (χ4v) is 2.47. The molecule has 0 aliphatic rings. The summed E-state index contributed by atoms with van der Waals surface area (Å²) in [6.45, 7) is 0.537. The minimum absolute atomic E-state index is 0. The molecule has 0 unspecified atom stereocenters. The van der Waals surface area contributed by atoms with E-state index in [0.29, 0.717) is 18.0 Å². The van der Waals surface area contributed by atoms with Gasteiger partial charge >= 0.3 is 26.8 Å². The molecule has 4 rings (SSSR count). The summed E-state index contributed by atoms with van der Waals surface area (Å²) in [5.41, 5.74) is 0.663. The van der Waals surface area contributed by atoms with Gasteiger partial charge in [-0.25, -0.2) is 9.48 Å². The van der Waals surface area contributed by atoms with Crippen LogP contribution in [0.15, 0.2) is 88.6 Å². The normalized spacial score (nSPS) is 9.58. The Labute approximate surface area is 193 Å². The van der Waals surface area contributed by atoms with E-state index in [-0.39, 0.29) is 21.1 Å². The Morgan fingerprint density at radius 2 is 1.68 bits per heavy atom. The maximum atomic E-state index is 11.3. The monoisotopic (exact) mass is 585 g/mol. The molecule has 0 aliphatic carbocycles. The van der Waals surface area contributed by atoms with Crippen LogP contribution in [-0.4, -0.2) is 21.9 Å². The quantitative estimate of drug-likeness (QED) is 0.365. The molecular formula is C23H19N3O4W. The van der Waals surface area contributed by atoms with Crippen LogP contribution in [0.5, 0.6) is 11.5 Å². The predicted molar refractivity (Wildman–Crippen MR) is 112 cm³/mol. The van der Waals surface area contributed by atoms with Crippen LogP contribution in [0.3, 0.4) is 0 Å². The number of ether oxygens (including phenoxy) is 2. The molecule has 3 aromatic carbocycles. The molecule has 7 nitrogen and oxygen atoms in total. The summed E-state index contributed by atoms with van der Waals surface area (Å²) in [4.78, 5) is 24.1. The number of nitrogens with one attached hydrogen (secondary N) is 1. The Balaban J connectivity index is 0.000000215. The number of aromatic amines is 1. The number of methoxy groups -OCH3 is 1. The van der Waals surface area contributed by atoms with Gasteiger partial charge in [-0.15, -0.1) is 24.3 Å². The standard InChI is InChI=1S/C14H13O2.C9H6N3O2.W/c1-15-13-9-5-6-10-14(13)16-11-12-7-3-2-4-8-12;13-8-6-10-12(9(14)11-8)7-4-2-1-3-5-7;/h2-5,7-10H,11H2,1H3;2-6H,(H,11,13,14);/q2*-1;+2. The molecule has 1 N–H and O–H groups in total. The summed E-state index contributed by atoms with van der Waals surface area (Å²) in [6, 6.07) is 27.9. The van der Waals surface area contributed by atoms with Gasteiger partial charge in [0, 0.05) is 5.75 Å². The summed E-state index contributed by atoms with van der Waals surface area (Å²) in [5.74, 6) is 1.45. The van der Waals surface area contributed by atoms with Crippen molar-refractivity contribution in [2.45, 2.75) is 6.61 Å². The molecule has 0 saturated carbocycles. The van der Waals surface area contributed by atoms with Crippen LogP contribution in [0, 0.1) is 12.1 Å². The molecule has 0 spiro atoms. The van der Waals surface area contributed by atoms with Crippen molar-refractivity contribution in [2.75, 3.05) is 7.11 Å². The number of rotatable bonds is 5. The molecule has 0 radical (unpaired) electrons. The largest absolute Gasteiger partial charge is 2.00 e. The predicted octanol–water partition coefficient (Wildman–Crippen LogP) is 2.79. The fourth-order valence-electron chi connectivity index (χ4n) is 2.47. The van der Waals surface area contributed by atoms with E-state index in [1.807, 2.05) is 36.4 Å². The first-order valence-electron chi connectivity index (χ1n) is 9.03. The van der Waals surface area contributed by atoms with Gasteiger partial charge in [-0.05, 0) is 11.3 Å². The van der Waals surface area contributed by atoms with E-state index in [4.69, 9.17) is 9.47 Å². The van der Waals surface area contributed by atoms with Crippen LogP contribution in [-0.2, 0) is 27.7 Å². The minimum Gasteiger partial charge on any atom is -0.543 e. The first-order valence-corrected chi connectivity index (χ1v) is 9.03. The Morgan fingerprint density at radius 1 is 0.968 bits per heavy atom. The maximum absolute atomic E-state index is 11.3. The van der Waals surface area contributed by atoms with Crippen molar-refractivity contribution in [3.05, 3.63) is 118 Å². The molecule has 4 aromatic rings. The molecule has 0 amide bonds. The SMILES string of the molecule is COc1cc[c-]cc1OCc1ccccc1.O=c1cnn(-c2cc[c-]cc2)c(=O)[nH]1.[W+2]. The van der Waals surface area contributed by atoms with Crippen molar-refractivity contribution >= 4 is 0 Å². The van der Waals surface area contributed by atoms with E-state index in [1.165, 1.54) is 0 Å². The van der Waals surface area contributed by atoms with Crippen LogP contribution >= 0.6 is 0 Å². The second kappa shape index (κ2) is 12.3. The average Bonchev–Trinajstić information content (AvgIpc) is 2.79. The molecule has 1 aromatic heterocycles. The molecular weight excluding hydrogens is 566 g/mol. The van der Waals surface area contributed by atoms with Crippen molar-refractivity contribution < 1.29 is 30.5 Å². The smallest absolute Gasteiger partial charge is 0.543 e. The first kappa shape index (κ1) is 23.8. The van der Waals surface area contributed by atoms with Gasteiger partial charge in [0.2, 0.25) is 0 Å². The van der Waals surface area contributed by atoms with Crippen molar-refractivity contribution in [3.8, 4) is 17.2 Å². The zero-order chi connectivity index (χ0) is 21.2. The zero-order valence-corrected chi connectivity index (χ0v) is 19.6. The van der Waals surface area contributed by atoms with E-state index in [2.05, 4.69) is 22.2 Å². The Hall–Kier alpha value is -3.44. The molecule has 0 bridgehead atoms. The van der Waals surface area contributed by atoms with E-state index < -0.39 is 11.2 Å². The summed E-state index contributed by atoms with van der Waals surface area (Å²) >= 11 is 0. The molecule has 8 heteroatoms. The summed E-state index contributed by atoms with van der Waals surface area (Å²) in [5, 5.41) is 3.69. The van der Waals surface area contributed by atoms with Crippen molar-refractivity contribution in [1.29, 1.82) is 0 Å². The third kappa shape index (κ3) is 7.08. The third-order valence-electron chi connectivity index (χ3n) is 3.90. The average molecular weight is 585 g/mol. The van der Waals surface area contributed by atoms with Gasteiger partial charge in [-0.1, -0.05) is 30.3 Å². The number of hydrogen-bond acceptors (Lipinski definition) is 5. The number of hydrogen-bond donors (Lipinski definition) is 1. The van der Waals surface area contributed by atoms with Crippen molar-refractivity contribution in [2.24, 2.45) is 0 Å². The van der Waals surface area contributed by atoms with Crippen molar-refractivity contribution in [3.63, 3.8) is 0 Å². The van der Waals surface area contributed by atoms with Crippen LogP contribution < -0.4 is 20.7 Å². The van der Waals surface area contributed by atoms with Crippen LogP contribution in [0.4, 0.5) is 0 Å². The summed E-state index contributed by atoms with van der Waals surface area (Å²) < 4.78 is 12.0. The molecule has 156 valence electrons. The zero-order valence-electron chi connectivity index (χ0n) is 16.6. The van der Waals surface area contributed by atoms with Gasteiger partial charge in [-0.2, -0.15) is 35.4 Å². The van der Waals surface area contributed by atoms with Gasteiger partial charge in [0.1, 0.15) is 6.20 Å². The van der Waals surface area contributed by atoms with Gasteiger partial charge in [0.15, 0.2) is 0 Å². The maximum Gasteiger partial charge on any atom is 2.00 e.